The first-order chi connectivity index (χ1) is 8.79. The molecule has 0 unspecified atom stereocenters. The first kappa shape index (κ1) is 12.6. The Labute approximate surface area is 106 Å². The van der Waals surface area contributed by atoms with Crippen LogP contribution in [0.25, 0.3) is 0 Å². The van der Waals surface area contributed by atoms with Crippen LogP contribution < -0.4 is 10.9 Å². The van der Waals surface area contributed by atoms with Crippen molar-refractivity contribution in [3.05, 3.63) is 53.0 Å². The Bertz CT molecular complexity index is 544. The molecule has 5 heteroatoms. The minimum atomic E-state index is 0.0329. The van der Waals surface area contributed by atoms with E-state index in [4.69, 9.17) is 0 Å². The van der Waals surface area contributed by atoms with E-state index in [1.807, 2.05) is 16.8 Å². The summed E-state index contributed by atoms with van der Waals surface area (Å²) in [7, 11) is 0. The van der Waals surface area contributed by atoms with Gasteiger partial charge in [0.15, 0.2) is 0 Å². The number of hydrogen-bond donors (Lipinski definition) is 1. The van der Waals surface area contributed by atoms with Gasteiger partial charge in [-0.25, -0.2) is 4.98 Å². The third-order valence-electron chi connectivity index (χ3n) is 2.74. The Morgan fingerprint density at radius 3 is 3.00 bits per heavy atom. The molecule has 0 aliphatic heterocycles. The van der Waals surface area contributed by atoms with E-state index in [2.05, 4.69) is 17.2 Å². The lowest BCUT2D eigenvalue weighted by Gasteiger charge is -2.05. The zero-order valence-electron chi connectivity index (χ0n) is 10.5. The van der Waals surface area contributed by atoms with Crippen molar-refractivity contribution in [2.75, 3.05) is 6.54 Å². The fourth-order valence-corrected chi connectivity index (χ4v) is 1.74. The minimum Gasteiger partial charge on any atom is -0.335 e. The molecule has 5 nitrogen and oxygen atoms in total. The SMILES string of the molecule is CCNCc1cn(CCn2ccccc2=O)cn1. The van der Waals surface area contributed by atoms with Crippen LogP contribution in [0.2, 0.25) is 0 Å². The summed E-state index contributed by atoms with van der Waals surface area (Å²) >= 11 is 0. The normalized spacial score (nSPS) is 10.7. The molecule has 2 aromatic rings. The summed E-state index contributed by atoms with van der Waals surface area (Å²) in [5, 5.41) is 3.23. The van der Waals surface area contributed by atoms with Crippen molar-refractivity contribution in [2.24, 2.45) is 0 Å². The molecule has 0 aromatic carbocycles. The van der Waals surface area contributed by atoms with Crippen molar-refractivity contribution in [1.82, 2.24) is 19.4 Å². The van der Waals surface area contributed by atoms with Gasteiger partial charge in [0.25, 0.3) is 5.56 Å². The minimum absolute atomic E-state index is 0.0329. The lowest BCUT2D eigenvalue weighted by Crippen LogP contribution is -2.20. The number of aryl methyl sites for hydroxylation is 2. The molecule has 0 amide bonds. The molecule has 0 bridgehead atoms. The monoisotopic (exact) mass is 246 g/mol. The summed E-state index contributed by atoms with van der Waals surface area (Å²) in [6.07, 6.45) is 5.62. The number of imidazole rings is 1. The van der Waals surface area contributed by atoms with E-state index >= 15 is 0 Å². The van der Waals surface area contributed by atoms with E-state index in [0.29, 0.717) is 6.54 Å². The third kappa shape index (κ3) is 3.30. The average molecular weight is 246 g/mol. The van der Waals surface area contributed by atoms with Crippen LogP contribution in [0.3, 0.4) is 0 Å². The van der Waals surface area contributed by atoms with Crippen LogP contribution in [0, 0.1) is 0 Å². The number of pyridine rings is 1. The van der Waals surface area contributed by atoms with Crippen molar-refractivity contribution in [2.45, 2.75) is 26.6 Å². The molecule has 18 heavy (non-hydrogen) atoms. The Morgan fingerprint density at radius 2 is 2.22 bits per heavy atom. The van der Waals surface area contributed by atoms with Gasteiger partial charge in [0, 0.05) is 38.1 Å². The van der Waals surface area contributed by atoms with Crippen LogP contribution >= 0.6 is 0 Å². The van der Waals surface area contributed by atoms with E-state index in [0.717, 1.165) is 25.3 Å². The first-order valence-electron chi connectivity index (χ1n) is 6.16. The average Bonchev–Trinajstić information content (AvgIpc) is 2.83. The van der Waals surface area contributed by atoms with Crippen LogP contribution in [0.5, 0.6) is 0 Å². The summed E-state index contributed by atoms with van der Waals surface area (Å²) < 4.78 is 3.70. The highest BCUT2D eigenvalue weighted by molar-refractivity contribution is 4.96. The maximum Gasteiger partial charge on any atom is 0.250 e. The summed E-state index contributed by atoms with van der Waals surface area (Å²) in [4.78, 5) is 15.8. The van der Waals surface area contributed by atoms with Gasteiger partial charge < -0.3 is 14.5 Å². The van der Waals surface area contributed by atoms with E-state index in [-0.39, 0.29) is 5.56 Å². The number of nitrogens with one attached hydrogen (secondary N) is 1. The zero-order valence-corrected chi connectivity index (χ0v) is 10.5. The van der Waals surface area contributed by atoms with E-state index in [9.17, 15) is 4.79 Å². The van der Waals surface area contributed by atoms with Crippen LogP contribution in [0.15, 0.2) is 41.7 Å². The predicted molar refractivity (Wildman–Crippen MR) is 70.3 cm³/mol. The van der Waals surface area contributed by atoms with E-state index < -0.39 is 0 Å². The number of rotatable bonds is 6. The zero-order chi connectivity index (χ0) is 12.8. The molecule has 0 saturated heterocycles. The molecule has 0 saturated carbocycles. The second kappa shape index (κ2) is 6.16. The van der Waals surface area contributed by atoms with Gasteiger partial charge in [-0.15, -0.1) is 0 Å². The van der Waals surface area contributed by atoms with Gasteiger partial charge in [-0.1, -0.05) is 13.0 Å². The fraction of sp³-hybridized carbons (Fsp3) is 0.385. The molecule has 0 atom stereocenters. The summed E-state index contributed by atoms with van der Waals surface area (Å²) in [5.41, 5.74) is 1.06. The van der Waals surface area contributed by atoms with Crippen molar-refractivity contribution in [3.63, 3.8) is 0 Å². The van der Waals surface area contributed by atoms with Gasteiger partial charge in [0.2, 0.25) is 0 Å². The Morgan fingerprint density at radius 1 is 1.33 bits per heavy atom. The summed E-state index contributed by atoms with van der Waals surface area (Å²) in [5.74, 6) is 0. The topological polar surface area (TPSA) is 51.9 Å². The molecule has 0 radical (unpaired) electrons. The highest BCUT2D eigenvalue weighted by Gasteiger charge is 1.99. The lowest BCUT2D eigenvalue weighted by atomic mass is 10.4. The maximum atomic E-state index is 11.5. The smallest absolute Gasteiger partial charge is 0.250 e. The summed E-state index contributed by atoms with van der Waals surface area (Å²) in [6, 6.07) is 5.20. The third-order valence-corrected chi connectivity index (χ3v) is 2.74. The Hall–Kier alpha value is -1.88. The Balaban J connectivity index is 1.92. The highest BCUT2D eigenvalue weighted by atomic mass is 16.1. The number of hydrogen-bond acceptors (Lipinski definition) is 3. The molecular weight excluding hydrogens is 228 g/mol. The molecule has 0 aliphatic carbocycles. The molecule has 2 aromatic heterocycles. The standard InChI is InChI=1S/C13H18N4O/c1-2-14-9-12-10-16(11-15-12)7-8-17-6-4-3-5-13(17)18/h3-6,10-11,14H,2,7-9H2,1H3. The molecule has 1 N–H and O–H groups in total. The molecule has 96 valence electrons. The lowest BCUT2D eigenvalue weighted by molar-refractivity contribution is 0.564. The molecule has 2 rings (SSSR count). The van der Waals surface area contributed by atoms with Gasteiger partial charge in [-0.05, 0) is 12.6 Å². The van der Waals surface area contributed by atoms with Crippen LogP contribution in [-0.2, 0) is 19.6 Å². The van der Waals surface area contributed by atoms with Crippen LogP contribution in [0.4, 0.5) is 0 Å². The fourth-order valence-electron chi connectivity index (χ4n) is 1.74. The molecule has 0 aliphatic rings. The predicted octanol–water partition coefficient (Wildman–Crippen LogP) is 0.854. The molecule has 2 heterocycles. The van der Waals surface area contributed by atoms with Crippen LogP contribution in [0.1, 0.15) is 12.6 Å². The molecule has 0 spiro atoms. The van der Waals surface area contributed by atoms with Crippen molar-refractivity contribution >= 4 is 0 Å². The molecule has 0 fully saturated rings. The van der Waals surface area contributed by atoms with Crippen molar-refractivity contribution < 1.29 is 0 Å². The Kier molecular flexibility index (Phi) is 4.30. The van der Waals surface area contributed by atoms with Gasteiger partial charge in [-0.3, -0.25) is 4.79 Å². The van der Waals surface area contributed by atoms with E-state index in [1.165, 1.54) is 0 Å². The first-order valence-corrected chi connectivity index (χ1v) is 6.16. The second-order valence-electron chi connectivity index (χ2n) is 4.12. The van der Waals surface area contributed by atoms with Gasteiger partial charge in [0.1, 0.15) is 0 Å². The highest BCUT2D eigenvalue weighted by Crippen LogP contribution is 1.96. The van der Waals surface area contributed by atoms with Crippen molar-refractivity contribution in [3.8, 4) is 0 Å². The second-order valence-corrected chi connectivity index (χ2v) is 4.12. The maximum absolute atomic E-state index is 11.5. The summed E-state index contributed by atoms with van der Waals surface area (Å²) in [6.45, 7) is 5.21. The van der Waals surface area contributed by atoms with E-state index in [1.54, 1.807) is 29.2 Å². The number of nitrogens with zero attached hydrogens (tertiary/aromatic N) is 3. The molecular formula is C13H18N4O. The van der Waals surface area contributed by atoms with Gasteiger partial charge in [-0.2, -0.15) is 0 Å². The van der Waals surface area contributed by atoms with Crippen molar-refractivity contribution in [1.29, 1.82) is 0 Å². The van der Waals surface area contributed by atoms with Gasteiger partial charge in [0.05, 0.1) is 12.0 Å². The van der Waals surface area contributed by atoms with Gasteiger partial charge >= 0.3 is 0 Å². The van der Waals surface area contributed by atoms with Crippen LogP contribution in [-0.4, -0.2) is 20.7 Å². The number of aromatic nitrogens is 3. The largest absolute Gasteiger partial charge is 0.335 e. The quantitative estimate of drug-likeness (QED) is 0.822.